The molecule has 0 spiro atoms. The molecule has 0 aliphatic carbocycles. The summed E-state index contributed by atoms with van der Waals surface area (Å²) in [6.07, 6.45) is 4.03. The Kier molecular flexibility index (Phi) is 5.91. The molecule has 0 radical (unpaired) electrons. The van der Waals surface area contributed by atoms with Crippen molar-refractivity contribution in [2.45, 2.75) is 19.0 Å². The molecule has 0 bridgehead atoms. The number of anilines is 1. The Hall–Kier alpha value is -3.08. The van der Waals surface area contributed by atoms with Crippen molar-refractivity contribution in [2.75, 3.05) is 19.0 Å². The van der Waals surface area contributed by atoms with Gasteiger partial charge in [-0.3, -0.25) is 4.79 Å². The van der Waals surface area contributed by atoms with E-state index in [1.165, 1.54) is 12.1 Å². The summed E-state index contributed by atoms with van der Waals surface area (Å²) in [7, 11) is 3.98. The summed E-state index contributed by atoms with van der Waals surface area (Å²) in [6, 6.07) is 18.0. The highest BCUT2D eigenvalue weighted by atomic mass is 19.1. The fraction of sp³-hybridized carbons (Fsp3) is 0.227. The van der Waals surface area contributed by atoms with Gasteiger partial charge in [0.2, 0.25) is 5.91 Å². The van der Waals surface area contributed by atoms with Gasteiger partial charge in [-0.25, -0.2) is 4.39 Å². The number of nitrogens with one attached hydrogen (secondary N) is 1. The summed E-state index contributed by atoms with van der Waals surface area (Å²) >= 11 is 0. The molecule has 1 heterocycles. The van der Waals surface area contributed by atoms with E-state index >= 15 is 0 Å². The molecule has 1 N–H and O–H groups in total. The molecular weight excluding hydrogens is 341 g/mol. The maximum atomic E-state index is 13.7. The van der Waals surface area contributed by atoms with Gasteiger partial charge in [-0.1, -0.05) is 24.3 Å². The summed E-state index contributed by atoms with van der Waals surface area (Å²) in [4.78, 5) is 14.6. The Balaban J connectivity index is 1.66. The lowest BCUT2D eigenvalue weighted by atomic mass is 10.0. The molecule has 0 fully saturated rings. The van der Waals surface area contributed by atoms with Gasteiger partial charge in [0.05, 0.1) is 12.5 Å². The smallest absolute Gasteiger partial charge is 0.222 e. The van der Waals surface area contributed by atoms with Crippen molar-refractivity contribution in [3.63, 3.8) is 0 Å². The zero-order chi connectivity index (χ0) is 19.2. The number of halogens is 1. The van der Waals surface area contributed by atoms with Crippen LogP contribution in [0.5, 0.6) is 0 Å². The lowest BCUT2D eigenvalue weighted by Crippen LogP contribution is -2.26. The Morgan fingerprint density at radius 2 is 1.78 bits per heavy atom. The van der Waals surface area contributed by atoms with Crippen LogP contribution in [0.1, 0.15) is 23.6 Å². The monoisotopic (exact) mass is 365 g/mol. The number of amides is 1. The molecule has 2 aromatic carbocycles. The average molecular weight is 365 g/mol. The van der Waals surface area contributed by atoms with E-state index in [0.717, 1.165) is 16.8 Å². The number of nitrogens with zero attached hydrogens (tertiary/aromatic N) is 2. The van der Waals surface area contributed by atoms with Gasteiger partial charge < -0.3 is 14.8 Å². The predicted molar refractivity (Wildman–Crippen MR) is 106 cm³/mol. The van der Waals surface area contributed by atoms with Crippen LogP contribution in [0.25, 0.3) is 0 Å². The van der Waals surface area contributed by atoms with E-state index in [1.807, 2.05) is 78.4 Å². The van der Waals surface area contributed by atoms with Crippen molar-refractivity contribution in [3.8, 4) is 0 Å². The van der Waals surface area contributed by atoms with Gasteiger partial charge in [0.1, 0.15) is 5.82 Å². The number of rotatable bonds is 7. The zero-order valence-electron chi connectivity index (χ0n) is 15.6. The quantitative estimate of drug-likeness (QED) is 0.687. The van der Waals surface area contributed by atoms with Gasteiger partial charge >= 0.3 is 0 Å². The first-order valence-corrected chi connectivity index (χ1v) is 8.94. The van der Waals surface area contributed by atoms with Crippen LogP contribution in [0.4, 0.5) is 10.1 Å². The number of carbonyl (C=O) groups excluding carboxylic acids is 1. The second-order valence-corrected chi connectivity index (χ2v) is 6.74. The lowest BCUT2D eigenvalue weighted by molar-refractivity contribution is -0.121. The standard InChI is InChI=1S/C22H24FN3O/c1-25(2)20-10-8-17(9-11-20)16-24-22(27)15-21(26-12-3-4-13-26)18-6-5-7-19(23)14-18/h3-14,21H,15-16H2,1-2H3,(H,24,27). The van der Waals surface area contributed by atoms with Crippen LogP contribution < -0.4 is 10.2 Å². The van der Waals surface area contributed by atoms with Gasteiger partial charge in [-0.05, 0) is 47.5 Å². The van der Waals surface area contributed by atoms with Crippen molar-refractivity contribution in [3.05, 3.63) is 90.0 Å². The second-order valence-electron chi connectivity index (χ2n) is 6.74. The zero-order valence-corrected chi connectivity index (χ0v) is 15.6. The number of aromatic nitrogens is 1. The molecule has 3 aromatic rings. The fourth-order valence-corrected chi connectivity index (χ4v) is 3.03. The third-order valence-electron chi connectivity index (χ3n) is 4.54. The van der Waals surface area contributed by atoms with Crippen LogP contribution in [-0.2, 0) is 11.3 Å². The molecule has 1 aromatic heterocycles. The molecular formula is C22H24FN3O. The highest BCUT2D eigenvalue weighted by molar-refractivity contribution is 5.76. The molecule has 1 amide bonds. The van der Waals surface area contributed by atoms with Crippen LogP contribution in [-0.4, -0.2) is 24.6 Å². The molecule has 140 valence electrons. The minimum absolute atomic E-state index is 0.0744. The van der Waals surface area contributed by atoms with Gasteiger partial charge in [-0.15, -0.1) is 0 Å². The number of hydrogen-bond donors (Lipinski definition) is 1. The van der Waals surface area contributed by atoms with E-state index in [2.05, 4.69) is 5.32 Å². The van der Waals surface area contributed by atoms with Gasteiger partial charge in [-0.2, -0.15) is 0 Å². The number of hydrogen-bond acceptors (Lipinski definition) is 2. The summed E-state index contributed by atoms with van der Waals surface area (Å²) in [5.41, 5.74) is 2.93. The normalized spacial score (nSPS) is 11.8. The number of carbonyl (C=O) groups is 1. The van der Waals surface area contributed by atoms with Crippen molar-refractivity contribution in [2.24, 2.45) is 0 Å². The SMILES string of the molecule is CN(C)c1ccc(CNC(=O)CC(c2cccc(F)c2)n2cccc2)cc1. The second kappa shape index (κ2) is 8.54. The summed E-state index contributed by atoms with van der Waals surface area (Å²) in [6.45, 7) is 0.466. The minimum atomic E-state index is -0.300. The average Bonchev–Trinajstić information content (AvgIpc) is 3.19. The van der Waals surface area contributed by atoms with Crippen molar-refractivity contribution >= 4 is 11.6 Å². The first-order valence-electron chi connectivity index (χ1n) is 8.94. The molecule has 0 aliphatic rings. The van der Waals surface area contributed by atoms with Gasteiger partial charge in [0.15, 0.2) is 0 Å². The molecule has 0 saturated heterocycles. The van der Waals surface area contributed by atoms with E-state index in [9.17, 15) is 9.18 Å². The maximum Gasteiger partial charge on any atom is 0.222 e. The van der Waals surface area contributed by atoms with Crippen molar-refractivity contribution in [1.82, 2.24) is 9.88 Å². The van der Waals surface area contributed by atoms with Gasteiger partial charge in [0.25, 0.3) is 0 Å². The largest absolute Gasteiger partial charge is 0.378 e. The first kappa shape index (κ1) is 18.7. The summed E-state index contributed by atoms with van der Waals surface area (Å²) in [5.74, 6) is -0.374. The van der Waals surface area contributed by atoms with Crippen LogP contribution in [0.3, 0.4) is 0 Å². The Morgan fingerprint density at radius 1 is 1.07 bits per heavy atom. The highest BCUT2D eigenvalue weighted by Gasteiger charge is 2.17. The van der Waals surface area contributed by atoms with Crippen LogP contribution in [0.2, 0.25) is 0 Å². The molecule has 4 nitrogen and oxygen atoms in total. The van der Waals surface area contributed by atoms with E-state index in [-0.39, 0.29) is 24.2 Å². The minimum Gasteiger partial charge on any atom is -0.378 e. The number of benzene rings is 2. The van der Waals surface area contributed by atoms with Crippen LogP contribution in [0, 0.1) is 5.82 Å². The summed E-state index contributed by atoms with van der Waals surface area (Å²) in [5, 5.41) is 2.96. The molecule has 27 heavy (non-hydrogen) atoms. The predicted octanol–water partition coefficient (Wildman–Crippen LogP) is 3.99. The van der Waals surface area contributed by atoms with E-state index in [4.69, 9.17) is 0 Å². The van der Waals surface area contributed by atoms with Crippen LogP contribution >= 0.6 is 0 Å². The Bertz CT molecular complexity index is 873. The molecule has 0 saturated carbocycles. The first-order chi connectivity index (χ1) is 13.0. The van der Waals surface area contributed by atoms with E-state index < -0.39 is 0 Å². The molecule has 3 rings (SSSR count). The third kappa shape index (κ3) is 4.97. The third-order valence-corrected chi connectivity index (χ3v) is 4.54. The topological polar surface area (TPSA) is 37.3 Å². The van der Waals surface area contributed by atoms with Crippen LogP contribution in [0.15, 0.2) is 73.1 Å². The van der Waals surface area contributed by atoms with E-state index in [1.54, 1.807) is 6.07 Å². The summed E-state index contributed by atoms with van der Waals surface area (Å²) < 4.78 is 15.6. The Labute approximate surface area is 159 Å². The molecule has 1 unspecified atom stereocenters. The fourth-order valence-electron chi connectivity index (χ4n) is 3.03. The maximum absolute atomic E-state index is 13.7. The molecule has 1 atom stereocenters. The van der Waals surface area contributed by atoms with Gasteiger partial charge in [0, 0.05) is 38.7 Å². The Morgan fingerprint density at radius 3 is 2.41 bits per heavy atom. The van der Waals surface area contributed by atoms with Crippen molar-refractivity contribution < 1.29 is 9.18 Å². The highest BCUT2D eigenvalue weighted by Crippen LogP contribution is 2.23. The lowest BCUT2D eigenvalue weighted by Gasteiger charge is -2.19. The molecule has 0 aliphatic heterocycles. The van der Waals surface area contributed by atoms with E-state index in [0.29, 0.717) is 6.54 Å². The van der Waals surface area contributed by atoms with Crippen molar-refractivity contribution in [1.29, 1.82) is 0 Å². The molecule has 5 heteroatoms.